The number of Topliss-reactive ketones (excluding diaryl/α,β-unsaturated/α-hetero) is 1. The molecule has 3 rings (SSSR count). The molecule has 9 heteroatoms. The van der Waals surface area contributed by atoms with E-state index in [4.69, 9.17) is 9.47 Å². The third kappa shape index (κ3) is 7.21. The summed E-state index contributed by atoms with van der Waals surface area (Å²) in [5.74, 6) is 0.689. The summed E-state index contributed by atoms with van der Waals surface area (Å²) >= 11 is 0. The van der Waals surface area contributed by atoms with Gasteiger partial charge in [0.15, 0.2) is 5.78 Å². The second-order valence-corrected chi connectivity index (χ2v) is 11.1. The van der Waals surface area contributed by atoms with E-state index in [1.165, 1.54) is 0 Å². The molecule has 9 nitrogen and oxygen atoms in total. The zero-order valence-corrected chi connectivity index (χ0v) is 23.0. The quantitative estimate of drug-likeness (QED) is 0.305. The van der Waals surface area contributed by atoms with Gasteiger partial charge in [0.1, 0.15) is 11.4 Å². The fourth-order valence-electron chi connectivity index (χ4n) is 5.13. The Balaban J connectivity index is 1.76. The SMILES string of the molecule is CCC(CC)(NC(=O)c1ccc(N2CC(OC)C2)c(OC[C@H]2C[C@@H]2CO)n1)C(=O)C[C@H](CO)CC(C)C. The molecule has 37 heavy (non-hydrogen) atoms. The minimum atomic E-state index is -1.02. The van der Waals surface area contributed by atoms with Crippen LogP contribution in [0.25, 0.3) is 0 Å². The van der Waals surface area contributed by atoms with Gasteiger partial charge in [0.2, 0.25) is 5.88 Å². The molecule has 0 aromatic carbocycles. The van der Waals surface area contributed by atoms with Gasteiger partial charge in [-0.1, -0.05) is 27.7 Å². The molecule has 0 radical (unpaired) electrons. The predicted molar refractivity (Wildman–Crippen MR) is 142 cm³/mol. The molecular formula is C28H45N3O6. The van der Waals surface area contributed by atoms with Crippen molar-refractivity contribution in [2.45, 2.75) is 71.4 Å². The van der Waals surface area contributed by atoms with E-state index >= 15 is 0 Å². The number of anilines is 1. The zero-order chi connectivity index (χ0) is 27.2. The van der Waals surface area contributed by atoms with Gasteiger partial charge in [-0.2, -0.15) is 0 Å². The van der Waals surface area contributed by atoms with Gasteiger partial charge in [-0.05, 0) is 61.5 Å². The lowest BCUT2D eigenvalue weighted by molar-refractivity contribution is -0.127. The van der Waals surface area contributed by atoms with Gasteiger partial charge in [-0.25, -0.2) is 4.98 Å². The maximum Gasteiger partial charge on any atom is 0.270 e. The lowest BCUT2D eigenvalue weighted by atomic mass is 9.81. The lowest BCUT2D eigenvalue weighted by Crippen LogP contribution is -2.54. The molecule has 3 atom stereocenters. The highest BCUT2D eigenvalue weighted by Gasteiger charge is 2.39. The van der Waals surface area contributed by atoms with Crippen LogP contribution in [0.2, 0.25) is 0 Å². The number of ether oxygens (including phenoxy) is 2. The van der Waals surface area contributed by atoms with Crippen molar-refractivity contribution in [3.63, 3.8) is 0 Å². The molecular weight excluding hydrogens is 474 g/mol. The van der Waals surface area contributed by atoms with Crippen LogP contribution in [0.15, 0.2) is 12.1 Å². The van der Waals surface area contributed by atoms with E-state index < -0.39 is 11.4 Å². The topological polar surface area (TPSA) is 121 Å². The summed E-state index contributed by atoms with van der Waals surface area (Å²) in [5.41, 5.74) is -0.0233. The van der Waals surface area contributed by atoms with E-state index in [0.717, 1.165) is 18.5 Å². The third-order valence-electron chi connectivity index (χ3n) is 7.96. The number of nitrogens with zero attached hydrogens (tertiary/aromatic N) is 2. The normalized spacial score (nSPS) is 20.5. The molecule has 0 spiro atoms. The number of carbonyl (C=O) groups is 2. The Morgan fingerprint density at radius 2 is 1.89 bits per heavy atom. The van der Waals surface area contributed by atoms with Gasteiger partial charge < -0.3 is 29.9 Å². The second-order valence-electron chi connectivity index (χ2n) is 11.1. The van der Waals surface area contributed by atoms with Gasteiger partial charge in [0.05, 0.1) is 18.2 Å². The molecule has 0 bridgehead atoms. The van der Waals surface area contributed by atoms with Crippen LogP contribution in [0.1, 0.15) is 70.3 Å². The zero-order valence-electron chi connectivity index (χ0n) is 23.0. The van der Waals surface area contributed by atoms with Crippen LogP contribution in [-0.4, -0.2) is 78.6 Å². The molecule has 2 heterocycles. The lowest BCUT2D eigenvalue weighted by Gasteiger charge is -2.40. The number of aromatic nitrogens is 1. The fourth-order valence-corrected chi connectivity index (χ4v) is 5.13. The number of nitrogens with one attached hydrogen (secondary N) is 1. The molecule has 1 aliphatic heterocycles. The molecule has 1 aromatic heterocycles. The summed E-state index contributed by atoms with van der Waals surface area (Å²) in [4.78, 5) is 33.5. The minimum absolute atomic E-state index is 0.0519. The molecule has 1 aromatic rings. The number of carbonyl (C=O) groups excluding carboxylic acids is 2. The second kappa shape index (κ2) is 13.0. The minimum Gasteiger partial charge on any atom is -0.476 e. The van der Waals surface area contributed by atoms with Gasteiger partial charge >= 0.3 is 0 Å². The van der Waals surface area contributed by atoms with Gasteiger partial charge in [0.25, 0.3) is 5.91 Å². The Labute approximate surface area is 220 Å². The van der Waals surface area contributed by atoms with Crippen molar-refractivity contribution in [2.24, 2.45) is 23.7 Å². The summed E-state index contributed by atoms with van der Waals surface area (Å²) in [7, 11) is 1.69. The number of amides is 1. The Morgan fingerprint density at radius 3 is 2.43 bits per heavy atom. The predicted octanol–water partition coefficient (Wildman–Crippen LogP) is 2.83. The Kier molecular flexibility index (Phi) is 10.3. The van der Waals surface area contributed by atoms with Gasteiger partial charge in [0, 0.05) is 39.8 Å². The van der Waals surface area contributed by atoms with Crippen LogP contribution in [0.4, 0.5) is 5.69 Å². The standard InChI is InChI=1S/C28H45N3O6/c1-6-28(7-2,25(34)11-19(15-32)10-18(3)4)30-26(35)23-8-9-24(31-13-22(14-31)36-5)27(29-23)37-17-21-12-20(21)16-33/h8-9,18-22,32-33H,6-7,10-17H2,1-5H3,(H,30,35)/t19-,20-,21-/m1/s1. The number of hydrogen-bond acceptors (Lipinski definition) is 8. The first-order chi connectivity index (χ1) is 17.7. The summed E-state index contributed by atoms with van der Waals surface area (Å²) in [6.07, 6.45) is 2.95. The van der Waals surface area contributed by atoms with E-state index in [1.807, 2.05) is 19.9 Å². The number of ketones is 1. The summed E-state index contributed by atoms with van der Waals surface area (Å²) in [5, 5.41) is 22.1. The van der Waals surface area contributed by atoms with E-state index in [-0.39, 0.29) is 55.0 Å². The molecule has 2 fully saturated rings. The number of aliphatic hydroxyl groups is 2. The molecule has 0 unspecified atom stereocenters. The fraction of sp³-hybridized carbons (Fsp3) is 0.750. The average Bonchev–Trinajstić information content (AvgIpc) is 3.63. The van der Waals surface area contributed by atoms with Gasteiger partial charge in [-0.15, -0.1) is 0 Å². The summed E-state index contributed by atoms with van der Waals surface area (Å²) < 4.78 is 11.5. The van der Waals surface area contributed by atoms with Crippen molar-refractivity contribution in [3.8, 4) is 5.88 Å². The van der Waals surface area contributed by atoms with E-state index in [9.17, 15) is 19.8 Å². The number of hydrogen-bond donors (Lipinski definition) is 3. The number of rotatable bonds is 16. The summed E-state index contributed by atoms with van der Waals surface area (Å²) in [6.45, 7) is 9.89. The maximum atomic E-state index is 13.4. The van der Waals surface area contributed by atoms with Gasteiger partial charge in [-0.3, -0.25) is 9.59 Å². The molecule has 1 saturated heterocycles. The smallest absolute Gasteiger partial charge is 0.270 e. The van der Waals surface area contributed by atoms with Crippen molar-refractivity contribution in [2.75, 3.05) is 44.9 Å². The van der Waals surface area contributed by atoms with Crippen LogP contribution in [0, 0.1) is 23.7 Å². The van der Waals surface area contributed by atoms with E-state index in [2.05, 4.69) is 29.0 Å². The van der Waals surface area contributed by atoms with E-state index in [0.29, 0.717) is 44.3 Å². The highest BCUT2D eigenvalue weighted by molar-refractivity contribution is 5.99. The van der Waals surface area contributed by atoms with Crippen LogP contribution < -0.4 is 15.0 Å². The monoisotopic (exact) mass is 519 g/mol. The number of pyridine rings is 1. The van der Waals surface area contributed by atoms with Crippen LogP contribution in [0.5, 0.6) is 5.88 Å². The first kappa shape index (κ1) is 29.3. The van der Waals surface area contributed by atoms with E-state index in [1.54, 1.807) is 13.2 Å². The van der Waals surface area contributed by atoms with Crippen LogP contribution >= 0.6 is 0 Å². The first-order valence-electron chi connectivity index (χ1n) is 13.7. The third-order valence-corrected chi connectivity index (χ3v) is 7.96. The first-order valence-corrected chi connectivity index (χ1v) is 13.7. The van der Waals surface area contributed by atoms with Crippen molar-refractivity contribution in [1.29, 1.82) is 0 Å². The number of methoxy groups -OCH3 is 1. The molecule has 3 N–H and O–H groups in total. The molecule has 1 aliphatic carbocycles. The molecule has 208 valence electrons. The summed E-state index contributed by atoms with van der Waals surface area (Å²) in [6, 6.07) is 3.51. The van der Waals surface area contributed by atoms with Crippen LogP contribution in [-0.2, 0) is 9.53 Å². The molecule has 1 saturated carbocycles. The molecule has 1 amide bonds. The Hall–Kier alpha value is -2.23. The molecule has 2 aliphatic rings. The van der Waals surface area contributed by atoms with Crippen molar-refractivity contribution >= 4 is 17.4 Å². The number of aliphatic hydroxyl groups excluding tert-OH is 2. The largest absolute Gasteiger partial charge is 0.476 e. The van der Waals surface area contributed by atoms with Crippen molar-refractivity contribution < 1.29 is 29.3 Å². The van der Waals surface area contributed by atoms with Crippen LogP contribution in [0.3, 0.4) is 0 Å². The highest BCUT2D eigenvalue weighted by atomic mass is 16.5. The van der Waals surface area contributed by atoms with Crippen molar-refractivity contribution in [3.05, 3.63) is 17.8 Å². The maximum absolute atomic E-state index is 13.4. The average molecular weight is 520 g/mol. The van der Waals surface area contributed by atoms with Crippen molar-refractivity contribution in [1.82, 2.24) is 10.3 Å². The Morgan fingerprint density at radius 1 is 1.19 bits per heavy atom. The highest BCUT2D eigenvalue weighted by Crippen LogP contribution is 2.39. The Bertz CT molecular complexity index is 913.